The highest BCUT2D eigenvalue weighted by atomic mass is 16.5. The molecule has 0 aromatic heterocycles. The van der Waals surface area contributed by atoms with Crippen molar-refractivity contribution in [1.29, 1.82) is 0 Å². The summed E-state index contributed by atoms with van der Waals surface area (Å²) in [7, 11) is 0. The molecule has 0 bridgehead atoms. The van der Waals surface area contributed by atoms with Crippen LogP contribution in [0.5, 0.6) is 5.75 Å². The summed E-state index contributed by atoms with van der Waals surface area (Å²) in [5.74, 6) is 0.789. The zero-order chi connectivity index (χ0) is 17.6. The topological polar surface area (TPSA) is 47.6 Å². The highest BCUT2D eigenvalue weighted by Gasteiger charge is 2.33. The van der Waals surface area contributed by atoms with Gasteiger partial charge in [-0.05, 0) is 71.2 Å². The molecule has 1 aromatic rings. The molecule has 0 saturated carbocycles. The minimum atomic E-state index is -0.793. The molecule has 0 saturated heterocycles. The van der Waals surface area contributed by atoms with E-state index in [-0.39, 0.29) is 12.0 Å². The Balaban J connectivity index is 2.98. The molecule has 0 fully saturated rings. The van der Waals surface area contributed by atoms with Crippen LogP contribution in [0.3, 0.4) is 0 Å². The fraction of sp³-hybridized carbons (Fsp3) is 0.632. The van der Waals surface area contributed by atoms with Crippen LogP contribution in [-0.4, -0.2) is 24.2 Å². The highest BCUT2D eigenvalue weighted by molar-refractivity contribution is 5.97. The monoisotopic (exact) mass is 321 g/mol. The Kier molecular flexibility index (Phi) is 7.07. The van der Waals surface area contributed by atoms with Crippen molar-refractivity contribution in [1.82, 2.24) is 0 Å². The summed E-state index contributed by atoms with van der Waals surface area (Å²) in [6.07, 6.45) is 1.71. The lowest BCUT2D eigenvalue weighted by Gasteiger charge is -2.28. The molecule has 0 aliphatic heterocycles. The van der Waals surface area contributed by atoms with E-state index in [4.69, 9.17) is 9.47 Å². The standard InChI is InChI=1S/C19H31NO3/c1-8-10-19(7,22-9-2)18(21)20-16-11-14(5)17(15(6)12-16)23-13(3)4/h11-13H,8-10H2,1-7H3,(H,20,21). The summed E-state index contributed by atoms with van der Waals surface area (Å²) >= 11 is 0. The van der Waals surface area contributed by atoms with Crippen LogP contribution in [0.1, 0.15) is 58.6 Å². The number of rotatable bonds is 8. The van der Waals surface area contributed by atoms with Crippen molar-refractivity contribution in [3.05, 3.63) is 23.3 Å². The molecule has 0 aliphatic rings. The van der Waals surface area contributed by atoms with Gasteiger partial charge in [0.15, 0.2) is 0 Å². The first-order valence-corrected chi connectivity index (χ1v) is 8.46. The van der Waals surface area contributed by atoms with Crippen molar-refractivity contribution >= 4 is 11.6 Å². The zero-order valence-electron chi connectivity index (χ0n) is 15.6. The molecule has 1 N–H and O–H groups in total. The number of carbonyl (C=O) groups is 1. The van der Waals surface area contributed by atoms with Crippen LogP contribution in [0.4, 0.5) is 5.69 Å². The average molecular weight is 321 g/mol. The van der Waals surface area contributed by atoms with E-state index in [0.29, 0.717) is 13.0 Å². The van der Waals surface area contributed by atoms with E-state index in [1.165, 1.54) is 0 Å². The van der Waals surface area contributed by atoms with Gasteiger partial charge >= 0.3 is 0 Å². The predicted molar refractivity (Wildman–Crippen MR) is 95.2 cm³/mol. The molecule has 0 radical (unpaired) electrons. The van der Waals surface area contributed by atoms with Gasteiger partial charge in [-0.1, -0.05) is 13.3 Å². The maximum absolute atomic E-state index is 12.6. The highest BCUT2D eigenvalue weighted by Crippen LogP contribution is 2.29. The minimum Gasteiger partial charge on any atom is -0.490 e. The van der Waals surface area contributed by atoms with Crippen molar-refractivity contribution in [3.63, 3.8) is 0 Å². The lowest BCUT2D eigenvalue weighted by Crippen LogP contribution is -2.42. The molecule has 1 amide bonds. The number of amides is 1. The van der Waals surface area contributed by atoms with E-state index < -0.39 is 5.60 Å². The summed E-state index contributed by atoms with van der Waals surface area (Å²) in [5.41, 5.74) is 2.02. The van der Waals surface area contributed by atoms with Gasteiger partial charge in [-0.3, -0.25) is 4.79 Å². The van der Waals surface area contributed by atoms with E-state index in [1.54, 1.807) is 0 Å². The summed E-state index contributed by atoms with van der Waals surface area (Å²) in [6, 6.07) is 3.89. The van der Waals surface area contributed by atoms with Gasteiger partial charge in [-0.2, -0.15) is 0 Å². The average Bonchev–Trinajstić information content (AvgIpc) is 2.43. The molecule has 4 nitrogen and oxygen atoms in total. The number of carbonyl (C=O) groups excluding carboxylic acids is 1. The van der Waals surface area contributed by atoms with Crippen LogP contribution in [0.2, 0.25) is 0 Å². The van der Waals surface area contributed by atoms with Crippen molar-refractivity contribution in [2.75, 3.05) is 11.9 Å². The molecule has 0 aliphatic carbocycles. The van der Waals surface area contributed by atoms with Crippen LogP contribution in [-0.2, 0) is 9.53 Å². The van der Waals surface area contributed by atoms with Gasteiger partial charge in [0.2, 0.25) is 0 Å². The lowest BCUT2D eigenvalue weighted by molar-refractivity contribution is -0.139. The maximum atomic E-state index is 12.6. The SMILES string of the molecule is CCCC(C)(OCC)C(=O)Nc1cc(C)c(OC(C)C)c(C)c1. The van der Waals surface area contributed by atoms with Gasteiger partial charge in [0.05, 0.1) is 6.10 Å². The molecule has 1 aromatic carbocycles. The third-order valence-corrected chi connectivity index (χ3v) is 3.74. The maximum Gasteiger partial charge on any atom is 0.256 e. The molecule has 1 atom stereocenters. The molecule has 1 rings (SSSR count). The van der Waals surface area contributed by atoms with E-state index in [2.05, 4.69) is 12.2 Å². The van der Waals surface area contributed by atoms with E-state index >= 15 is 0 Å². The van der Waals surface area contributed by atoms with Crippen molar-refractivity contribution in [3.8, 4) is 5.75 Å². The first-order chi connectivity index (χ1) is 10.7. The molecule has 4 heteroatoms. The molecule has 0 heterocycles. The fourth-order valence-corrected chi connectivity index (χ4v) is 2.75. The van der Waals surface area contributed by atoms with Crippen LogP contribution >= 0.6 is 0 Å². The molecule has 1 unspecified atom stereocenters. The number of aryl methyl sites for hydroxylation is 2. The van der Waals surface area contributed by atoms with Crippen molar-refractivity contribution in [2.24, 2.45) is 0 Å². The first kappa shape index (κ1) is 19.5. The number of anilines is 1. The van der Waals surface area contributed by atoms with Crippen LogP contribution in [0, 0.1) is 13.8 Å². The summed E-state index contributed by atoms with van der Waals surface area (Å²) in [4.78, 5) is 12.6. The number of nitrogens with one attached hydrogen (secondary N) is 1. The van der Waals surface area contributed by atoms with Gasteiger partial charge in [0, 0.05) is 12.3 Å². The third kappa shape index (κ3) is 5.24. The smallest absolute Gasteiger partial charge is 0.256 e. The van der Waals surface area contributed by atoms with Crippen molar-refractivity contribution in [2.45, 2.75) is 73.0 Å². The van der Waals surface area contributed by atoms with Crippen molar-refractivity contribution < 1.29 is 14.3 Å². The Morgan fingerprint density at radius 3 is 2.22 bits per heavy atom. The molecule has 130 valence electrons. The second-order valence-corrected chi connectivity index (χ2v) is 6.47. The molecule has 0 spiro atoms. The number of benzene rings is 1. The summed E-state index contributed by atoms with van der Waals surface area (Å²) in [5, 5.41) is 2.99. The first-order valence-electron chi connectivity index (χ1n) is 8.46. The number of hydrogen-bond acceptors (Lipinski definition) is 3. The molecule has 23 heavy (non-hydrogen) atoms. The number of ether oxygens (including phenoxy) is 2. The Morgan fingerprint density at radius 1 is 1.22 bits per heavy atom. The molecular weight excluding hydrogens is 290 g/mol. The number of hydrogen-bond donors (Lipinski definition) is 1. The van der Waals surface area contributed by atoms with Gasteiger partial charge < -0.3 is 14.8 Å². The largest absolute Gasteiger partial charge is 0.490 e. The minimum absolute atomic E-state index is 0.0995. The zero-order valence-corrected chi connectivity index (χ0v) is 15.6. The molecular formula is C19H31NO3. The second-order valence-electron chi connectivity index (χ2n) is 6.47. The van der Waals surface area contributed by atoms with Gasteiger partial charge in [-0.15, -0.1) is 0 Å². The quantitative estimate of drug-likeness (QED) is 0.759. The van der Waals surface area contributed by atoms with Crippen LogP contribution in [0.25, 0.3) is 0 Å². The van der Waals surface area contributed by atoms with E-state index in [0.717, 1.165) is 29.0 Å². The summed E-state index contributed by atoms with van der Waals surface area (Å²) in [6.45, 7) is 14.3. The lowest BCUT2D eigenvalue weighted by atomic mass is 9.98. The normalized spacial score (nSPS) is 13.7. The van der Waals surface area contributed by atoms with E-state index in [1.807, 2.05) is 53.7 Å². The Labute approximate surface area is 140 Å². The van der Waals surface area contributed by atoms with E-state index in [9.17, 15) is 4.79 Å². The van der Waals surface area contributed by atoms with Gasteiger partial charge in [0.25, 0.3) is 5.91 Å². The van der Waals surface area contributed by atoms with Gasteiger partial charge in [0.1, 0.15) is 11.4 Å². The fourth-order valence-electron chi connectivity index (χ4n) is 2.75. The third-order valence-electron chi connectivity index (χ3n) is 3.74. The second kappa shape index (κ2) is 8.34. The van der Waals surface area contributed by atoms with Crippen LogP contribution in [0.15, 0.2) is 12.1 Å². The Hall–Kier alpha value is -1.55. The van der Waals surface area contributed by atoms with Gasteiger partial charge in [-0.25, -0.2) is 0 Å². The summed E-state index contributed by atoms with van der Waals surface area (Å²) < 4.78 is 11.5. The van der Waals surface area contributed by atoms with Crippen LogP contribution < -0.4 is 10.1 Å². The Bertz CT molecular complexity index is 508. The Morgan fingerprint density at radius 2 is 1.78 bits per heavy atom. The predicted octanol–water partition coefficient (Wildman–Crippen LogP) is 4.62.